The second-order valence-corrected chi connectivity index (χ2v) is 8.41. The van der Waals surface area contributed by atoms with Crippen LogP contribution in [0.2, 0.25) is 0 Å². The molecule has 8 nitrogen and oxygen atoms in total. The molecule has 0 spiro atoms. The molecule has 0 N–H and O–H groups in total. The van der Waals surface area contributed by atoms with Gasteiger partial charge in [-0.3, -0.25) is 14.9 Å². The molecule has 0 saturated carbocycles. The molecule has 1 aliphatic heterocycles. The van der Waals surface area contributed by atoms with Crippen molar-refractivity contribution in [3.63, 3.8) is 0 Å². The lowest BCUT2D eigenvalue weighted by Gasteiger charge is -2.45. The number of nitrogens with zero attached hydrogens (tertiary/aromatic N) is 2. The topological polar surface area (TPSA) is 107 Å². The predicted molar refractivity (Wildman–Crippen MR) is 107 cm³/mol. The maximum absolute atomic E-state index is 13.1. The van der Waals surface area contributed by atoms with Gasteiger partial charge in [0.25, 0.3) is 21.6 Å². The van der Waals surface area contributed by atoms with Gasteiger partial charge in [0.2, 0.25) is 6.10 Å². The molecule has 0 aliphatic carbocycles. The zero-order valence-electron chi connectivity index (χ0n) is 15.5. The Morgan fingerprint density at radius 3 is 2.00 bits per heavy atom. The van der Waals surface area contributed by atoms with E-state index in [0.29, 0.717) is 11.3 Å². The molecule has 30 heavy (non-hydrogen) atoms. The van der Waals surface area contributed by atoms with E-state index in [0.717, 1.165) is 4.31 Å². The van der Waals surface area contributed by atoms with Gasteiger partial charge in [0.05, 0.1) is 9.82 Å². The van der Waals surface area contributed by atoms with E-state index in [1.165, 1.54) is 36.4 Å². The smallest absolute Gasteiger partial charge is 0.280 e. The van der Waals surface area contributed by atoms with Gasteiger partial charge >= 0.3 is 0 Å². The van der Waals surface area contributed by atoms with Crippen molar-refractivity contribution in [1.29, 1.82) is 0 Å². The molecule has 1 fully saturated rings. The number of carbonyl (C=O) groups is 1. The molecule has 9 heteroatoms. The quantitative estimate of drug-likeness (QED) is 0.341. The highest BCUT2D eigenvalue weighted by atomic mass is 32.2. The van der Waals surface area contributed by atoms with Crippen molar-refractivity contribution < 1.29 is 22.9 Å². The first kappa shape index (κ1) is 19.6. The van der Waals surface area contributed by atoms with Gasteiger partial charge in [0.1, 0.15) is 11.8 Å². The maximum atomic E-state index is 13.1. The summed E-state index contributed by atoms with van der Waals surface area (Å²) in [6.45, 7) is 0. The van der Waals surface area contributed by atoms with Crippen LogP contribution in [0.1, 0.15) is 11.6 Å². The lowest BCUT2D eigenvalue weighted by atomic mass is 9.93. The van der Waals surface area contributed by atoms with E-state index in [1.54, 1.807) is 48.5 Å². The fourth-order valence-electron chi connectivity index (χ4n) is 3.28. The normalized spacial score (nSPS) is 18.5. The predicted octanol–water partition coefficient (Wildman–Crippen LogP) is 3.31. The maximum Gasteiger partial charge on any atom is 0.280 e. The van der Waals surface area contributed by atoms with Crippen LogP contribution in [-0.2, 0) is 14.8 Å². The summed E-state index contributed by atoms with van der Waals surface area (Å²) in [6, 6.07) is 20.6. The number of amides is 1. The summed E-state index contributed by atoms with van der Waals surface area (Å²) in [5.74, 6) is -0.287. The molecule has 1 saturated heterocycles. The van der Waals surface area contributed by atoms with Crippen LogP contribution in [-0.4, -0.2) is 29.7 Å². The zero-order valence-corrected chi connectivity index (χ0v) is 16.3. The molecular formula is C21H16N2O6S. The van der Waals surface area contributed by atoms with Gasteiger partial charge in [-0.2, -0.15) is 0 Å². The highest BCUT2D eigenvalue weighted by molar-refractivity contribution is 7.89. The summed E-state index contributed by atoms with van der Waals surface area (Å²) in [6.07, 6.45) is -1.08. The number of hydrogen-bond donors (Lipinski definition) is 0. The first-order valence-corrected chi connectivity index (χ1v) is 10.4. The number of hydrogen-bond acceptors (Lipinski definition) is 6. The average molecular weight is 424 g/mol. The Morgan fingerprint density at radius 2 is 1.43 bits per heavy atom. The minimum Gasteiger partial charge on any atom is -0.478 e. The summed E-state index contributed by atoms with van der Waals surface area (Å²) < 4.78 is 32.8. The van der Waals surface area contributed by atoms with Crippen LogP contribution < -0.4 is 4.74 Å². The molecule has 2 atom stereocenters. The number of nitro benzene ring substituents is 1. The van der Waals surface area contributed by atoms with Gasteiger partial charge in [0.15, 0.2) is 0 Å². The first-order chi connectivity index (χ1) is 14.4. The van der Waals surface area contributed by atoms with Crippen molar-refractivity contribution >= 4 is 21.6 Å². The molecule has 1 amide bonds. The molecule has 1 aliphatic rings. The minimum atomic E-state index is -4.13. The van der Waals surface area contributed by atoms with Crippen LogP contribution in [0.4, 0.5) is 5.69 Å². The molecule has 4 rings (SSSR count). The number of sulfonamides is 1. The van der Waals surface area contributed by atoms with Gasteiger partial charge in [0, 0.05) is 12.1 Å². The number of benzene rings is 3. The second kappa shape index (κ2) is 7.60. The van der Waals surface area contributed by atoms with Crippen molar-refractivity contribution in [1.82, 2.24) is 4.31 Å². The van der Waals surface area contributed by atoms with E-state index in [2.05, 4.69) is 0 Å². The lowest BCUT2D eigenvalue weighted by Crippen LogP contribution is -2.63. The third-order valence-electron chi connectivity index (χ3n) is 4.75. The molecule has 0 bridgehead atoms. The number of non-ortho nitro benzene ring substituents is 1. The summed E-state index contributed by atoms with van der Waals surface area (Å²) >= 11 is 0. The van der Waals surface area contributed by atoms with Crippen LogP contribution in [0, 0.1) is 10.1 Å². The van der Waals surface area contributed by atoms with E-state index in [1.807, 2.05) is 0 Å². The molecule has 0 radical (unpaired) electrons. The summed E-state index contributed by atoms with van der Waals surface area (Å²) in [5.41, 5.74) is 0.281. The van der Waals surface area contributed by atoms with Gasteiger partial charge in [-0.1, -0.05) is 36.4 Å². The first-order valence-electron chi connectivity index (χ1n) is 8.99. The third kappa shape index (κ3) is 3.39. The number of nitro groups is 1. The average Bonchev–Trinajstić information content (AvgIpc) is 2.76. The Labute approximate surface area is 172 Å². The Morgan fingerprint density at radius 1 is 0.867 bits per heavy atom. The lowest BCUT2D eigenvalue weighted by molar-refractivity contribution is -0.384. The molecule has 3 aromatic rings. The summed E-state index contributed by atoms with van der Waals surface area (Å²) in [7, 11) is -4.13. The monoisotopic (exact) mass is 424 g/mol. The van der Waals surface area contributed by atoms with Crippen molar-refractivity contribution in [2.45, 2.75) is 17.0 Å². The Hall–Kier alpha value is -3.72. The largest absolute Gasteiger partial charge is 0.478 e. The van der Waals surface area contributed by atoms with E-state index < -0.39 is 33.0 Å². The minimum absolute atomic E-state index is 0.0246. The highest BCUT2D eigenvalue weighted by Gasteiger charge is 2.56. The standard InChI is InChI=1S/C21H16N2O6S/c24-21-20(29-17-7-3-1-4-8-17)19(15-11-13-16(14-12-15)23(25)26)22(21)30(27,28)18-9-5-2-6-10-18/h1-14,19-20H/t19-,20+/m1/s1. The van der Waals surface area contributed by atoms with Crippen molar-refractivity contribution in [3.8, 4) is 5.75 Å². The van der Waals surface area contributed by atoms with Crippen LogP contribution in [0.3, 0.4) is 0 Å². The molecule has 0 unspecified atom stereocenters. The summed E-state index contributed by atoms with van der Waals surface area (Å²) in [5, 5.41) is 11.0. The number of rotatable bonds is 6. The van der Waals surface area contributed by atoms with E-state index in [-0.39, 0.29) is 10.6 Å². The number of β-lactam (4-membered cyclic amide) rings is 1. The van der Waals surface area contributed by atoms with Crippen LogP contribution in [0.25, 0.3) is 0 Å². The van der Waals surface area contributed by atoms with Crippen molar-refractivity contribution in [2.75, 3.05) is 0 Å². The zero-order chi connectivity index (χ0) is 21.3. The fraction of sp³-hybridized carbons (Fsp3) is 0.0952. The van der Waals surface area contributed by atoms with Crippen LogP contribution >= 0.6 is 0 Å². The van der Waals surface area contributed by atoms with Gasteiger partial charge in [-0.05, 0) is 42.0 Å². The van der Waals surface area contributed by atoms with E-state index >= 15 is 0 Å². The highest BCUT2D eigenvalue weighted by Crippen LogP contribution is 2.42. The van der Waals surface area contributed by atoms with E-state index in [9.17, 15) is 23.3 Å². The van der Waals surface area contributed by atoms with E-state index in [4.69, 9.17) is 4.74 Å². The Bertz CT molecular complexity index is 1180. The van der Waals surface area contributed by atoms with Gasteiger partial charge in [-0.25, -0.2) is 12.7 Å². The Balaban J connectivity index is 1.73. The fourth-order valence-corrected chi connectivity index (χ4v) is 4.88. The van der Waals surface area contributed by atoms with Crippen molar-refractivity contribution in [3.05, 3.63) is 101 Å². The SMILES string of the molecule is O=C1[C@@H](Oc2ccccc2)[C@@H](c2ccc([N+](=O)[O-])cc2)N1S(=O)(=O)c1ccccc1. The Kier molecular flexibility index (Phi) is 4.96. The molecule has 0 aromatic heterocycles. The number of ether oxygens (including phenoxy) is 1. The molecular weight excluding hydrogens is 408 g/mol. The summed E-state index contributed by atoms with van der Waals surface area (Å²) in [4.78, 5) is 23.2. The molecule has 1 heterocycles. The van der Waals surface area contributed by atoms with Crippen molar-refractivity contribution in [2.24, 2.45) is 0 Å². The van der Waals surface area contributed by atoms with Crippen LogP contribution in [0.15, 0.2) is 89.8 Å². The molecule has 152 valence electrons. The molecule has 3 aromatic carbocycles. The number of para-hydroxylation sites is 1. The number of carbonyl (C=O) groups excluding carboxylic acids is 1. The second-order valence-electron chi connectivity index (χ2n) is 6.60. The third-order valence-corrected chi connectivity index (χ3v) is 6.54. The van der Waals surface area contributed by atoms with Gasteiger partial charge < -0.3 is 4.74 Å². The van der Waals surface area contributed by atoms with Gasteiger partial charge in [-0.15, -0.1) is 0 Å². The van der Waals surface area contributed by atoms with Crippen LogP contribution in [0.5, 0.6) is 5.75 Å².